The minimum absolute atomic E-state index is 0.0789. The van der Waals surface area contributed by atoms with Gasteiger partial charge in [0.05, 0.1) is 10.6 Å². The van der Waals surface area contributed by atoms with E-state index in [-0.39, 0.29) is 10.6 Å². The lowest BCUT2D eigenvalue weighted by Gasteiger charge is -2.08. The molecule has 26 heavy (non-hydrogen) atoms. The maximum atomic E-state index is 12.0. The van der Waals surface area contributed by atoms with Crippen molar-refractivity contribution >= 4 is 33.5 Å². The van der Waals surface area contributed by atoms with Gasteiger partial charge in [-0.1, -0.05) is 41.4 Å². The number of hydrogen-bond acceptors (Lipinski definition) is 5. The molecule has 0 spiro atoms. The molecule has 0 saturated carbocycles. The zero-order chi connectivity index (χ0) is 19.3. The molecular weight excluding hydrogens is 380 g/mol. The standard InChI is InChI=1S/C17H17ClN2O5S/c1-11-2-4-12(5-3-11)9-20-16(21)10-25-17(22)13-6-7-14(18)15(8-13)26(19,23)24/h2-8H,9-10H2,1H3,(H,20,21)(H2,19,23,24). The molecular formula is C17H17ClN2O5S. The van der Waals surface area contributed by atoms with Crippen molar-refractivity contribution < 1.29 is 22.7 Å². The lowest BCUT2D eigenvalue weighted by Crippen LogP contribution is -2.28. The molecule has 2 aromatic rings. The van der Waals surface area contributed by atoms with Crippen molar-refractivity contribution in [2.24, 2.45) is 5.14 Å². The molecule has 9 heteroatoms. The molecule has 7 nitrogen and oxygen atoms in total. The van der Waals surface area contributed by atoms with E-state index >= 15 is 0 Å². The van der Waals surface area contributed by atoms with Gasteiger partial charge in [0.15, 0.2) is 6.61 Å². The van der Waals surface area contributed by atoms with Crippen LogP contribution in [0.15, 0.2) is 47.4 Å². The molecule has 0 unspecified atom stereocenters. The summed E-state index contributed by atoms with van der Waals surface area (Å²) in [7, 11) is -4.08. The smallest absolute Gasteiger partial charge is 0.338 e. The fourth-order valence-corrected chi connectivity index (χ4v) is 3.09. The number of ether oxygens (including phenoxy) is 1. The molecule has 0 fully saturated rings. The first-order valence-corrected chi connectivity index (χ1v) is 9.41. The zero-order valence-corrected chi connectivity index (χ0v) is 15.4. The lowest BCUT2D eigenvalue weighted by atomic mass is 10.1. The normalized spacial score (nSPS) is 11.0. The maximum absolute atomic E-state index is 12.0. The molecule has 0 aliphatic rings. The van der Waals surface area contributed by atoms with Gasteiger partial charge in [-0.15, -0.1) is 0 Å². The van der Waals surface area contributed by atoms with Gasteiger partial charge in [-0.2, -0.15) is 0 Å². The Morgan fingerprint density at radius 3 is 2.42 bits per heavy atom. The van der Waals surface area contributed by atoms with Crippen LogP contribution in [0.25, 0.3) is 0 Å². The number of sulfonamides is 1. The van der Waals surface area contributed by atoms with Gasteiger partial charge in [0.25, 0.3) is 5.91 Å². The third-order valence-electron chi connectivity index (χ3n) is 3.42. The average Bonchev–Trinajstić information content (AvgIpc) is 2.58. The maximum Gasteiger partial charge on any atom is 0.338 e. The summed E-state index contributed by atoms with van der Waals surface area (Å²) in [5, 5.41) is 7.53. The van der Waals surface area contributed by atoms with Gasteiger partial charge in [-0.05, 0) is 30.7 Å². The highest BCUT2D eigenvalue weighted by atomic mass is 35.5. The fraction of sp³-hybridized carbons (Fsp3) is 0.176. The molecule has 0 heterocycles. The molecule has 0 aromatic heterocycles. The summed E-state index contributed by atoms with van der Waals surface area (Å²) in [4.78, 5) is 23.4. The van der Waals surface area contributed by atoms with Gasteiger partial charge in [0, 0.05) is 6.54 Å². The third kappa shape index (κ3) is 5.55. The predicted molar refractivity (Wildman–Crippen MR) is 96.1 cm³/mol. The SMILES string of the molecule is Cc1ccc(CNC(=O)COC(=O)c2ccc(Cl)c(S(N)(=O)=O)c2)cc1. The molecule has 0 saturated heterocycles. The Morgan fingerprint density at radius 1 is 1.15 bits per heavy atom. The van der Waals surface area contributed by atoms with E-state index in [1.807, 2.05) is 31.2 Å². The highest BCUT2D eigenvalue weighted by Crippen LogP contribution is 2.21. The quantitative estimate of drug-likeness (QED) is 0.722. The van der Waals surface area contributed by atoms with Gasteiger partial charge < -0.3 is 10.1 Å². The first kappa shape index (κ1) is 19.9. The molecule has 1 amide bonds. The van der Waals surface area contributed by atoms with Crippen molar-refractivity contribution in [1.82, 2.24) is 5.32 Å². The van der Waals surface area contributed by atoms with E-state index in [0.29, 0.717) is 6.54 Å². The Bertz CT molecular complexity index is 927. The molecule has 3 N–H and O–H groups in total. The first-order chi connectivity index (χ1) is 12.2. The van der Waals surface area contributed by atoms with Crippen LogP contribution < -0.4 is 10.5 Å². The second kappa shape index (κ2) is 8.31. The van der Waals surface area contributed by atoms with Crippen LogP contribution in [0.4, 0.5) is 0 Å². The van der Waals surface area contributed by atoms with Gasteiger partial charge in [-0.25, -0.2) is 18.4 Å². The predicted octanol–water partition coefficient (Wildman–Crippen LogP) is 1.77. The average molecular weight is 397 g/mol. The number of carbonyl (C=O) groups excluding carboxylic acids is 2. The van der Waals surface area contributed by atoms with Crippen LogP contribution in [0, 0.1) is 6.92 Å². The first-order valence-electron chi connectivity index (χ1n) is 7.48. The van der Waals surface area contributed by atoms with Crippen LogP contribution in [0.2, 0.25) is 5.02 Å². The van der Waals surface area contributed by atoms with Crippen molar-refractivity contribution in [3.8, 4) is 0 Å². The van der Waals surface area contributed by atoms with Crippen molar-refractivity contribution in [3.63, 3.8) is 0 Å². The summed E-state index contributed by atoms with van der Waals surface area (Å²) in [6, 6.07) is 11.1. The van der Waals surface area contributed by atoms with Gasteiger partial charge in [0.2, 0.25) is 10.0 Å². The number of amides is 1. The largest absolute Gasteiger partial charge is 0.452 e. The number of benzene rings is 2. The van der Waals surface area contributed by atoms with E-state index in [1.165, 1.54) is 12.1 Å². The van der Waals surface area contributed by atoms with E-state index in [1.54, 1.807) is 0 Å². The monoisotopic (exact) mass is 396 g/mol. The van der Waals surface area contributed by atoms with Crippen molar-refractivity contribution in [1.29, 1.82) is 0 Å². The number of aryl methyl sites for hydroxylation is 1. The van der Waals surface area contributed by atoms with Crippen LogP contribution in [0.1, 0.15) is 21.5 Å². The summed E-state index contributed by atoms with van der Waals surface area (Å²) >= 11 is 5.75. The third-order valence-corrected chi connectivity index (χ3v) is 4.81. The van der Waals surface area contributed by atoms with Crippen molar-refractivity contribution in [2.75, 3.05) is 6.61 Å². The Morgan fingerprint density at radius 2 is 1.81 bits per heavy atom. The Balaban J connectivity index is 1.92. The van der Waals surface area contributed by atoms with Gasteiger partial charge in [-0.3, -0.25) is 4.79 Å². The number of hydrogen-bond donors (Lipinski definition) is 2. The summed E-state index contributed by atoms with van der Waals surface area (Å²) in [5.41, 5.74) is 1.94. The highest BCUT2D eigenvalue weighted by Gasteiger charge is 2.17. The zero-order valence-electron chi connectivity index (χ0n) is 13.9. The molecule has 0 radical (unpaired) electrons. The second-order valence-electron chi connectivity index (χ2n) is 5.53. The van der Waals surface area contributed by atoms with Gasteiger partial charge >= 0.3 is 5.97 Å². The Labute approximate surface area is 156 Å². The molecule has 138 valence electrons. The minimum atomic E-state index is -4.08. The molecule has 0 aliphatic heterocycles. The van der Waals surface area contributed by atoms with Crippen LogP contribution >= 0.6 is 11.6 Å². The summed E-state index contributed by atoms with van der Waals surface area (Å²) in [6.07, 6.45) is 0. The summed E-state index contributed by atoms with van der Waals surface area (Å²) in [6.45, 7) is 1.76. The summed E-state index contributed by atoms with van der Waals surface area (Å²) in [5.74, 6) is -1.35. The van der Waals surface area contributed by atoms with Crippen molar-refractivity contribution in [2.45, 2.75) is 18.4 Å². The molecule has 2 aromatic carbocycles. The fourth-order valence-electron chi connectivity index (χ4n) is 2.02. The van der Waals surface area contributed by atoms with E-state index < -0.39 is 33.4 Å². The number of primary sulfonamides is 1. The topological polar surface area (TPSA) is 116 Å². The van der Waals surface area contributed by atoms with Crippen LogP contribution in [0.3, 0.4) is 0 Å². The number of halogens is 1. The van der Waals surface area contributed by atoms with E-state index in [0.717, 1.165) is 17.2 Å². The lowest BCUT2D eigenvalue weighted by molar-refractivity contribution is -0.124. The van der Waals surface area contributed by atoms with E-state index in [9.17, 15) is 18.0 Å². The van der Waals surface area contributed by atoms with E-state index in [4.69, 9.17) is 21.5 Å². The minimum Gasteiger partial charge on any atom is -0.452 e. The number of carbonyl (C=O) groups is 2. The number of nitrogens with two attached hydrogens (primary N) is 1. The Hall–Kier alpha value is -2.42. The molecule has 0 bridgehead atoms. The van der Waals surface area contributed by atoms with Crippen LogP contribution in [-0.4, -0.2) is 26.9 Å². The van der Waals surface area contributed by atoms with Crippen LogP contribution in [0.5, 0.6) is 0 Å². The molecule has 0 aliphatic carbocycles. The number of esters is 1. The van der Waals surface area contributed by atoms with E-state index in [2.05, 4.69) is 5.32 Å². The second-order valence-corrected chi connectivity index (χ2v) is 7.47. The number of nitrogens with one attached hydrogen (secondary N) is 1. The van der Waals surface area contributed by atoms with Crippen LogP contribution in [-0.2, 0) is 26.1 Å². The highest BCUT2D eigenvalue weighted by molar-refractivity contribution is 7.89. The molecule has 2 rings (SSSR count). The Kier molecular flexibility index (Phi) is 6.36. The number of rotatable bonds is 6. The van der Waals surface area contributed by atoms with Crippen molar-refractivity contribution in [3.05, 3.63) is 64.2 Å². The molecule has 0 atom stereocenters. The summed E-state index contributed by atoms with van der Waals surface area (Å²) < 4.78 is 27.7. The van der Waals surface area contributed by atoms with Gasteiger partial charge in [0.1, 0.15) is 4.90 Å².